The molecule has 0 bridgehead atoms. The quantitative estimate of drug-likeness (QED) is 0.322. The Kier molecular flexibility index (Phi) is 14.5. The van der Waals surface area contributed by atoms with E-state index in [1.807, 2.05) is 0 Å². The Hall–Kier alpha value is -0.603. The molecule has 0 spiro atoms. The van der Waals surface area contributed by atoms with Gasteiger partial charge >= 0.3 is 0 Å². The molecule has 0 heterocycles. The van der Waals surface area contributed by atoms with Gasteiger partial charge in [0, 0.05) is 16.8 Å². The minimum Gasteiger partial charge on any atom is -0.313 e. The number of nitrogens with one attached hydrogen (secondary N) is 1. The van der Waals surface area contributed by atoms with Crippen molar-refractivity contribution in [1.82, 2.24) is 5.32 Å². The van der Waals surface area contributed by atoms with Crippen molar-refractivity contribution in [3.63, 3.8) is 0 Å². The number of hydrogen-bond donors (Lipinski definition) is 1. The molecule has 1 nitrogen and oxygen atoms in total. The van der Waals surface area contributed by atoms with Gasteiger partial charge in [0.15, 0.2) is 0 Å². The van der Waals surface area contributed by atoms with Gasteiger partial charge in [0.05, 0.1) is 0 Å². The van der Waals surface area contributed by atoms with Crippen molar-refractivity contribution < 1.29 is 0 Å². The summed E-state index contributed by atoms with van der Waals surface area (Å²) >= 11 is 0. The van der Waals surface area contributed by atoms with E-state index in [2.05, 4.69) is 35.6 Å². The molecule has 0 aliphatic rings. The maximum Gasteiger partial charge on any atom is 0.0205 e. The zero-order chi connectivity index (χ0) is 16.4. The van der Waals surface area contributed by atoms with E-state index in [1.165, 1.54) is 98.9 Å². The van der Waals surface area contributed by atoms with Gasteiger partial charge in [0.2, 0.25) is 0 Å². The fraction of sp³-hybridized carbons (Fsp3) is 0.714. The van der Waals surface area contributed by atoms with Gasteiger partial charge in [-0.1, -0.05) is 107 Å². The van der Waals surface area contributed by atoms with Gasteiger partial charge in [-0.3, -0.25) is 0 Å². The number of benzene rings is 1. The molecule has 0 saturated heterocycles. The van der Waals surface area contributed by atoms with Crippen molar-refractivity contribution in [1.29, 1.82) is 0 Å². The van der Waals surface area contributed by atoms with E-state index in [4.69, 9.17) is 0 Å². The topological polar surface area (TPSA) is 12.0 Å². The van der Waals surface area contributed by atoms with Crippen molar-refractivity contribution in [3.8, 4) is 0 Å². The fourth-order valence-electron chi connectivity index (χ4n) is 3.10. The van der Waals surface area contributed by atoms with E-state index in [-0.39, 0.29) is 0 Å². The number of unbranched alkanes of at least 4 members (excludes halogenated alkanes) is 11. The summed E-state index contributed by atoms with van der Waals surface area (Å²) in [4.78, 5) is 0. The maximum absolute atomic E-state index is 3.54. The highest BCUT2D eigenvalue weighted by Crippen LogP contribution is 2.12. The molecule has 0 unspecified atom stereocenters. The summed E-state index contributed by atoms with van der Waals surface area (Å²) in [5.41, 5.74) is 1.39. The van der Waals surface area contributed by atoms with Crippen molar-refractivity contribution in [2.75, 3.05) is 6.54 Å². The Balaban J connectivity index is 1.72. The van der Waals surface area contributed by atoms with Crippen LogP contribution in [0.2, 0.25) is 6.04 Å². The predicted octanol–water partition coefficient (Wildman–Crippen LogP) is 5.24. The molecule has 0 amide bonds. The molecule has 0 aromatic heterocycles. The molecule has 23 heavy (non-hydrogen) atoms. The molecule has 1 rings (SSSR count). The van der Waals surface area contributed by atoms with Crippen LogP contribution in [-0.2, 0) is 6.54 Å². The van der Waals surface area contributed by atoms with Gasteiger partial charge in [-0.25, -0.2) is 0 Å². The minimum atomic E-state index is 1.01. The third-order valence-corrected chi connectivity index (χ3v) is 5.34. The normalized spacial score (nSPS) is 11.1. The summed E-state index contributed by atoms with van der Waals surface area (Å²) in [5.74, 6) is 0. The van der Waals surface area contributed by atoms with Crippen molar-refractivity contribution in [2.45, 2.75) is 89.6 Å². The first kappa shape index (κ1) is 20.4. The average Bonchev–Trinajstić information content (AvgIpc) is 2.59. The first-order valence-electron chi connectivity index (χ1n) is 10.2. The highest BCUT2D eigenvalue weighted by molar-refractivity contribution is 6.08. The van der Waals surface area contributed by atoms with E-state index in [9.17, 15) is 0 Å². The van der Waals surface area contributed by atoms with E-state index in [1.54, 1.807) is 0 Å². The van der Waals surface area contributed by atoms with Crippen LogP contribution >= 0.6 is 0 Å². The molecule has 132 valence electrons. The van der Waals surface area contributed by atoms with E-state index in [0.717, 1.165) is 13.1 Å². The Morgan fingerprint density at radius 1 is 0.609 bits per heavy atom. The Bertz CT molecular complexity index is 339. The van der Waals surface area contributed by atoms with Crippen LogP contribution in [-0.4, -0.2) is 16.8 Å². The zero-order valence-electron chi connectivity index (χ0n) is 15.5. The van der Waals surface area contributed by atoms with Crippen molar-refractivity contribution in [2.24, 2.45) is 0 Å². The second-order valence-electron chi connectivity index (χ2n) is 6.91. The molecule has 0 saturated carbocycles. The van der Waals surface area contributed by atoms with Gasteiger partial charge in [0.25, 0.3) is 0 Å². The van der Waals surface area contributed by atoms with Crippen LogP contribution in [0.3, 0.4) is 0 Å². The molecule has 0 atom stereocenters. The lowest BCUT2D eigenvalue weighted by molar-refractivity contribution is 0.535. The van der Waals surface area contributed by atoms with Crippen molar-refractivity contribution in [3.05, 3.63) is 35.9 Å². The molecule has 1 aromatic rings. The maximum atomic E-state index is 3.54. The molecule has 0 aliphatic heterocycles. The molecule has 0 aliphatic carbocycles. The standard InChI is InChI=1S/C21H39NSi/c23-19-15-10-8-6-4-2-1-3-5-7-9-14-18-22-20-21-16-12-11-13-17-21/h11-13,16-17,22H,1-10,14-15,18-20H2,23H3. The highest BCUT2D eigenvalue weighted by Gasteiger charge is 1.94. The predicted molar refractivity (Wildman–Crippen MR) is 108 cm³/mol. The van der Waals surface area contributed by atoms with E-state index < -0.39 is 0 Å². The Morgan fingerprint density at radius 2 is 1.09 bits per heavy atom. The summed E-state index contributed by atoms with van der Waals surface area (Å²) in [7, 11) is 1.40. The molecule has 1 N–H and O–H groups in total. The smallest absolute Gasteiger partial charge is 0.0205 e. The van der Waals surface area contributed by atoms with Gasteiger partial charge in [-0.15, -0.1) is 0 Å². The SMILES string of the molecule is [SiH3]CCCCCCCCCCCCCCNCc1ccccc1. The van der Waals surface area contributed by atoms with Gasteiger partial charge < -0.3 is 5.32 Å². The van der Waals surface area contributed by atoms with Crippen LogP contribution in [0.4, 0.5) is 0 Å². The lowest BCUT2D eigenvalue weighted by Gasteiger charge is -2.05. The summed E-state index contributed by atoms with van der Waals surface area (Å²) in [5, 5.41) is 3.54. The van der Waals surface area contributed by atoms with Crippen molar-refractivity contribution >= 4 is 10.2 Å². The van der Waals surface area contributed by atoms with Gasteiger partial charge in [-0.05, 0) is 18.5 Å². The second kappa shape index (κ2) is 16.3. The van der Waals surface area contributed by atoms with Crippen LogP contribution in [0.15, 0.2) is 30.3 Å². The molecule has 0 radical (unpaired) electrons. The Morgan fingerprint density at radius 3 is 1.61 bits per heavy atom. The first-order chi connectivity index (χ1) is 11.4. The average molecular weight is 334 g/mol. The summed E-state index contributed by atoms with van der Waals surface area (Å²) < 4.78 is 0. The second-order valence-corrected chi connectivity index (χ2v) is 7.91. The van der Waals surface area contributed by atoms with E-state index >= 15 is 0 Å². The number of rotatable bonds is 16. The molecular formula is C21H39NSi. The molecule has 2 heteroatoms. The summed E-state index contributed by atoms with van der Waals surface area (Å²) in [6.07, 6.45) is 17.4. The largest absolute Gasteiger partial charge is 0.313 e. The molecule has 0 fully saturated rings. The lowest BCUT2D eigenvalue weighted by atomic mass is 10.1. The minimum absolute atomic E-state index is 1.01. The first-order valence-corrected chi connectivity index (χ1v) is 11.6. The fourth-order valence-corrected chi connectivity index (χ4v) is 3.60. The van der Waals surface area contributed by atoms with Crippen LogP contribution in [0.1, 0.15) is 82.6 Å². The van der Waals surface area contributed by atoms with Crippen LogP contribution in [0.25, 0.3) is 0 Å². The summed E-state index contributed by atoms with van der Waals surface area (Å²) in [6.45, 7) is 2.18. The van der Waals surface area contributed by atoms with Gasteiger partial charge in [0.1, 0.15) is 0 Å². The molecular weight excluding hydrogens is 294 g/mol. The highest BCUT2D eigenvalue weighted by atomic mass is 28.1. The Labute approximate surface area is 148 Å². The van der Waals surface area contributed by atoms with Crippen LogP contribution < -0.4 is 5.32 Å². The van der Waals surface area contributed by atoms with Crippen LogP contribution in [0.5, 0.6) is 0 Å². The monoisotopic (exact) mass is 333 g/mol. The van der Waals surface area contributed by atoms with Crippen LogP contribution in [0, 0.1) is 0 Å². The lowest BCUT2D eigenvalue weighted by Crippen LogP contribution is -2.14. The van der Waals surface area contributed by atoms with Gasteiger partial charge in [-0.2, -0.15) is 0 Å². The molecule has 1 aromatic carbocycles. The third kappa shape index (κ3) is 13.5. The zero-order valence-corrected chi connectivity index (χ0v) is 17.5. The number of hydrogen-bond acceptors (Lipinski definition) is 1. The van der Waals surface area contributed by atoms with E-state index in [0.29, 0.717) is 0 Å². The third-order valence-electron chi connectivity index (χ3n) is 4.63. The summed E-state index contributed by atoms with van der Waals surface area (Å²) in [6, 6.07) is 12.2.